The lowest BCUT2D eigenvalue weighted by Gasteiger charge is -2.12. The highest BCUT2D eigenvalue weighted by Gasteiger charge is 2.25. The Balaban J connectivity index is 3.58. The minimum absolute atomic E-state index is 0.0163. The predicted molar refractivity (Wildman–Crippen MR) is 55.0 cm³/mol. The molecule has 0 bridgehead atoms. The van der Waals surface area contributed by atoms with Crippen molar-refractivity contribution in [2.45, 2.75) is 11.5 Å². The van der Waals surface area contributed by atoms with Gasteiger partial charge in [0.05, 0.1) is 13.7 Å². The van der Waals surface area contributed by atoms with Crippen molar-refractivity contribution >= 4 is 9.84 Å². The molecule has 96 valence electrons. The van der Waals surface area contributed by atoms with Crippen molar-refractivity contribution in [3.8, 4) is 5.75 Å². The van der Waals surface area contributed by atoms with Crippen LogP contribution in [-0.2, 0) is 21.3 Å². The van der Waals surface area contributed by atoms with Crippen LogP contribution >= 0.6 is 0 Å². The van der Waals surface area contributed by atoms with Crippen LogP contribution in [0.25, 0.3) is 0 Å². The van der Waals surface area contributed by atoms with E-state index in [0.29, 0.717) is 6.26 Å². The molecule has 2 N–H and O–H groups in total. The molecule has 5 nitrogen and oxygen atoms in total. The minimum Gasteiger partial charge on any atom is -0.493 e. The number of methoxy groups -OCH3 is 1. The van der Waals surface area contributed by atoms with E-state index in [-0.39, 0.29) is 12.2 Å². The Kier molecular flexibility index (Phi) is 4.02. The molecule has 1 aromatic carbocycles. The van der Waals surface area contributed by atoms with Crippen LogP contribution in [0.5, 0.6) is 5.75 Å². The van der Waals surface area contributed by atoms with Crippen LogP contribution in [0.1, 0.15) is 5.56 Å². The topological polar surface area (TPSA) is 78.6 Å². The third kappa shape index (κ3) is 2.71. The zero-order valence-corrected chi connectivity index (χ0v) is 9.98. The van der Waals surface area contributed by atoms with Crippen molar-refractivity contribution in [2.75, 3.05) is 13.4 Å². The van der Waals surface area contributed by atoms with Crippen LogP contribution in [0.3, 0.4) is 0 Å². The first-order valence-electron chi connectivity index (χ1n) is 4.39. The first kappa shape index (κ1) is 13.8. The third-order valence-corrected chi connectivity index (χ3v) is 3.14. The number of ether oxygens (including phenoxy) is 1. The Morgan fingerprint density at radius 1 is 1.41 bits per heavy atom. The van der Waals surface area contributed by atoms with Crippen molar-refractivity contribution in [1.82, 2.24) is 0 Å². The summed E-state index contributed by atoms with van der Waals surface area (Å²) < 4.78 is 54.4. The van der Waals surface area contributed by atoms with Crippen LogP contribution in [0.4, 0.5) is 8.78 Å². The first-order chi connectivity index (χ1) is 7.82. The Morgan fingerprint density at radius 2 is 2.00 bits per heavy atom. The molecular weight excluding hydrogens is 256 g/mol. The molecule has 0 aromatic heterocycles. The van der Waals surface area contributed by atoms with Crippen molar-refractivity contribution in [1.29, 1.82) is 0 Å². The van der Waals surface area contributed by atoms with E-state index in [1.807, 2.05) is 0 Å². The van der Waals surface area contributed by atoms with Crippen molar-refractivity contribution in [2.24, 2.45) is 5.90 Å². The van der Waals surface area contributed by atoms with E-state index >= 15 is 0 Å². The van der Waals surface area contributed by atoms with Crippen LogP contribution in [0, 0.1) is 11.6 Å². The highest BCUT2D eigenvalue weighted by molar-refractivity contribution is 7.90. The van der Waals surface area contributed by atoms with Crippen molar-refractivity contribution in [3.63, 3.8) is 0 Å². The smallest absolute Gasteiger partial charge is 0.187 e. The van der Waals surface area contributed by atoms with E-state index in [1.54, 1.807) is 0 Å². The van der Waals surface area contributed by atoms with Crippen molar-refractivity contribution < 1.29 is 26.8 Å². The summed E-state index contributed by atoms with van der Waals surface area (Å²) in [6.45, 7) is -0.305. The summed E-state index contributed by atoms with van der Waals surface area (Å²) in [7, 11) is -2.90. The number of hydrogen-bond donors (Lipinski definition) is 1. The number of rotatable bonds is 4. The van der Waals surface area contributed by atoms with E-state index in [0.717, 1.165) is 13.2 Å². The van der Waals surface area contributed by atoms with Crippen LogP contribution < -0.4 is 10.6 Å². The molecular formula is C9H11F2NO4S. The molecule has 0 unspecified atom stereocenters. The molecule has 0 aliphatic carbocycles. The predicted octanol–water partition coefficient (Wildman–Crippen LogP) is 0.767. The molecule has 0 aliphatic heterocycles. The Labute approximate surface area is 97.0 Å². The van der Waals surface area contributed by atoms with E-state index in [2.05, 4.69) is 9.57 Å². The molecule has 0 fully saturated rings. The maximum absolute atomic E-state index is 13.8. The van der Waals surface area contributed by atoms with Crippen LogP contribution in [0.2, 0.25) is 0 Å². The molecule has 1 aromatic rings. The highest BCUT2D eigenvalue weighted by atomic mass is 32.2. The summed E-state index contributed by atoms with van der Waals surface area (Å²) in [5, 5.41) is 0. The monoisotopic (exact) mass is 267 g/mol. The molecule has 0 saturated carbocycles. The number of nitrogens with two attached hydrogens (primary N) is 1. The third-order valence-electron chi connectivity index (χ3n) is 2.02. The average Bonchev–Trinajstić information content (AvgIpc) is 2.15. The maximum atomic E-state index is 13.8. The maximum Gasteiger partial charge on any atom is 0.187 e. The standard InChI is InChI=1S/C9H11F2NO4S/c1-15-8-5(4-16-12)3-6(10)9(7(8)11)17(2,13)14/h3H,4,12H2,1-2H3. The molecule has 0 saturated heterocycles. The number of halogens is 2. The largest absolute Gasteiger partial charge is 0.493 e. The molecule has 0 aliphatic rings. The molecule has 1 rings (SSSR count). The lowest BCUT2D eigenvalue weighted by Crippen LogP contribution is -2.10. The lowest BCUT2D eigenvalue weighted by atomic mass is 10.2. The normalized spacial score (nSPS) is 11.6. The molecule has 0 radical (unpaired) electrons. The SMILES string of the molecule is COc1c(CON)cc(F)c(S(C)(=O)=O)c1F. The van der Waals surface area contributed by atoms with Gasteiger partial charge in [0.2, 0.25) is 0 Å². The summed E-state index contributed by atoms with van der Waals surface area (Å²) in [6.07, 6.45) is 0.701. The van der Waals surface area contributed by atoms with E-state index in [9.17, 15) is 17.2 Å². The van der Waals surface area contributed by atoms with E-state index in [1.165, 1.54) is 0 Å². The molecule has 0 spiro atoms. The van der Waals surface area contributed by atoms with Gasteiger partial charge in [-0.15, -0.1) is 0 Å². The minimum atomic E-state index is -4.03. The zero-order chi connectivity index (χ0) is 13.2. The molecule has 0 amide bonds. The fourth-order valence-electron chi connectivity index (χ4n) is 1.39. The fraction of sp³-hybridized carbons (Fsp3) is 0.333. The molecule has 17 heavy (non-hydrogen) atoms. The van der Waals surface area contributed by atoms with Gasteiger partial charge in [-0.1, -0.05) is 0 Å². The zero-order valence-electron chi connectivity index (χ0n) is 9.16. The molecule has 0 heterocycles. The van der Waals surface area contributed by atoms with Gasteiger partial charge in [-0.25, -0.2) is 23.1 Å². The van der Waals surface area contributed by atoms with Gasteiger partial charge in [0, 0.05) is 11.8 Å². The quantitative estimate of drug-likeness (QED) is 0.815. The average molecular weight is 267 g/mol. The van der Waals surface area contributed by atoms with Gasteiger partial charge in [-0.05, 0) is 6.07 Å². The van der Waals surface area contributed by atoms with Gasteiger partial charge < -0.3 is 4.74 Å². The second-order valence-corrected chi connectivity index (χ2v) is 5.23. The summed E-state index contributed by atoms with van der Waals surface area (Å²) in [6, 6.07) is 0.811. The van der Waals surface area contributed by atoms with Gasteiger partial charge in [0.25, 0.3) is 0 Å². The molecule has 0 atom stereocenters. The summed E-state index contributed by atoms with van der Waals surface area (Å²) in [5.74, 6) is 1.88. The highest BCUT2D eigenvalue weighted by Crippen LogP contribution is 2.31. The summed E-state index contributed by atoms with van der Waals surface area (Å²) in [5.41, 5.74) is -0.0163. The summed E-state index contributed by atoms with van der Waals surface area (Å²) in [4.78, 5) is 3.21. The van der Waals surface area contributed by atoms with Gasteiger partial charge in [0.15, 0.2) is 21.4 Å². The van der Waals surface area contributed by atoms with Gasteiger partial charge in [0.1, 0.15) is 10.7 Å². The van der Waals surface area contributed by atoms with Gasteiger partial charge in [-0.2, -0.15) is 0 Å². The number of benzene rings is 1. The van der Waals surface area contributed by atoms with Gasteiger partial charge >= 0.3 is 0 Å². The Morgan fingerprint density at radius 3 is 2.41 bits per heavy atom. The summed E-state index contributed by atoms with van der Waals surface area (Å²) >= 11 is 0. The van der Waals surface area contributed by atoms with E-state index in [4.69, 9.17) is 5.90 Å². The number of sulfone groups is 1. The Hall–Kier alpha value is -1.25. The second kappa shape index (κ2) is 4.94. The van der Waals surface area contributed by atoms with E-state index < -0.39 is 32.1 Å². The molecule has 8 heteroatoms. The van der Waals surface area contributed by atoms with Crippen LogP contribution in [0.15, 0.2) is 11.0 Å². The lowest BCUT2D eigenvalue weighted by molar-refractivity contribution is 0.121. The van der Waals surface area contributed by atoms with Crippen LogP contribution in [-0.4, -0.2) is 21.8 Å². The number of hydrogen-bond acceptors (Lipinski definition) is 5. The first-order valence-corrected chi connectivity index (χ1v) is 6.28. The van der Waals surface area contributed by atoms with Crippen molar-refractivity contribution in [3.05, 3.63) is 23.3 Å². The van der Waals surface area contributed by atoms with Gasteiger partial charge in [-0.3, -0.25) is 4.84 Å². The second-order valence-electron chi connectivity index (χ2n) is 3.28. The fourth-order valence-corrected chi connectivity index (χ4v) is 2.22. The Bertz CT molecular complexity index is 530.